The van der Waals surface area contributed by atoms with E-state index in [2.05, 4.69) is 20.9 Å². The zero-order valence-corrected chi connectivity index (χ0v) is 10.4. The van der Waals surface area contributed by atoms with Crippen molar-refractivity contribution < 1.29 is 4.74 Å². The number of hydrogen-bond donors (Lipinski definition) is 1. The van der Waals surface area contributed by atoms with Crippen LogP contribution in [-0.2, 0) is 0 Å². The number of anilines is 1. The molecular weight excluding hydrogens is 268 g/mol. The lowest BCUT2D eigenvalue weighted by molar-refractivity contribution is 0.415. The number of halogens is 1. The van der Waals surface area contributed by atoms with Crippen LogP contribution in [-0.4, -0.2) is 12.1 Å². The smallest absolute Gasteiger partial charge is 0.132 e. The summed E-state index contributed by atoms with van der Waals surface area (Å²) < 4.78 is 6.10. The molecule has 0 bridgehead atoms. The van der Waals surface area contributed by atoms with Crippen LogP contribution in [0.15, 0.2) is 41.0 Å². The molecule has 3 nitrogen and oxygen atoms in total. The van der Waals surface area contributed by atoms with Crippen LogP contribution in [0.5, 0.6) is 5.75 Å². The van der Waals surface area contributed by atoms with Crippen molar-refractivity contribution in [1.29, 1.82) is 0 Å². The van der Waals surface area contributed by atoms with Gasteiger partial charge in [-0.05, 0) is 39.7 Å². The van der Waals surface area contributed by atoms with Gasteiger partial charge in [0, 0.05) is 16.2 Å². The molecule has 2 N–H and O–H groups in total. The van der Waals surface area contributed by atoms with Gasteiger partial charge in [0.15, 0.2) is 0 Å². The van der Waals surface area contributed by atoms with Crippen LogP contribution in [0, 0.1) is 0 Å². The fraction of sp³-hybridized carbons (Fsp3) is 0.0833. The van der Waals surface area contributed by atoms with Crippen molar-refractivity contribution in [3.8, 4) is 16.9 Å². The highest BCUT2D eigenvalue weighted by molar-refractivity contribution is 9.10. The summed E-state index contributed by atoms with van der Waals surface area (Å²) in [4.78, 5) is 4.08. The molecule has 16 heavy (non-hydrogen) atoms. The summed E-state index contributed by atoms with van der Waals surface area (Å²) in [6.45, 7) is 0. The van der Waals surface area contributed by atoms with E-state index >= 15 is 0 Å². The molecule has 4 heteroatoms. The first-order valence-electron chi connectivity index (χ1n) is 4.77. The second kappa shape index (κ2) is 4.53. The molecule has 2 aromatic rings. The molecule has 0 aliphatic rings. The highest BCUT2D eigenvalue weighted by atomic mass is 79.9. The summed E-state index contributed by atoms with van der Waals surface area (Å²) in [5.74, 6) is 1.30. The van der Waals surface area contributed by atoms with Crippen LogP contribution in [0.1, 0.15) is 0 Å². The quantitative estimate of drug-likeness (QED) is 0.918. The minimum atomic E-state index is 0.502. The number of nitrogen functional groups attached to an aromatic ring is 1. The average molecular weight is 279 g/mol. The lowest BCUT2D eigenvalue weighted by atomic mass is 10.1. The Balaban J connectivity index is 2.58. The molecule has 0 aliphatic carbocycles. The van der Waals surface area contributed by atoms with Gasteiger partial charge in [-0.25, -0.2) is 4.98 Å². The van der Waals surface area contributed by atoms with E-state index in [9.17, 15) is 0 Å². The van der Waals surface area contributed by atoms with Gasteiger partial charge in [0.1, 0.15) is 11.6 Å². The van der Waals surface area contributed by atoms with Crippen LogP contribution >= 0.6 is 15.9 Å². The van der Waals surface area contributed by atoms with Gasteiger partial charge in [-0.2, -0.15) is 0 Å². The van der Waals surface area contributed by atoms with E-state index < -0.39 is 0 Å². The zero-order valence-electron chi connectivity index (χ0n) is 8.77. The fourth-order valence-corrected chi connectivity index (χ4v) is 2.07. The molecule has 0 aliphatic heterocycles. The number of benzene rings is 1. The Morgan fingerprint density at radius 3 is 2.81 bits per heavy atom. The summed E-state index contributed by atoms with van der Waals surface area (Å²) in [6, 6.07) is 9.58. The molecule has 0 amide bonds. The van der Waals surface area contributed by atoms with Crippen molar-refractivity contribution in [3.05, 3.63) is 41.0 Å². The van der Waals surface area contributed by atoms with Crippen molar-refractivity contribution in [2.45, 2.75) is 0 Å². The summed E-state index contributed by atoms with van der Waals surface area (Å²) >= 11 is 3.47. The van der Waals surface area contributed by atoms with Gasteiger partial charge < -0.3 is 10.5 Å². The first-order valence-corrected chi connectivity index (χ1v) is 5.56. The maximum atomic E-state index is 5.86. The third kappa shape index (κ3) is 2.02. The maximum Gasteiger partial charge on any atom is 0.132 e. The van der Waals surface area contributed by atoms with Crippen LogP contribution < -0.4 is 10.5 Å². The third-order valence-corrected chi connectivity index (χ3v) is 2.95. The number of aromatic nitrogens is 1. The van der Waals surface area contributed by atoms with E-state index in [1.54, 1.807) is 13.3 Å². The van der Waals surface area contributed by atoms with Crippen LogP contribution in [0.25, 0.3) is 11.1 Å². The van der Waals surface area contributed by atoms with Gasteiger partial charge >= 0.3 is 0 Å². The monoisotopic (exact) mass is 278 g/mol. The lowest BCUT2D eigenvalue weighted by Crippen LogP contribution is -1.94. The van der Waals surface area contributed by atoms with E-state index in [0.717, 1.165) is 21.3 Å². The van der Waals surface area contributed by atoms with Crippen molar-refractivity contribution in [3.63, 3.8) is 0 Å². The summed E-state index contributed by atoms with van der Waals surface area (Å²) in [6.07, 6.45) is 1.67. The molecule has 1 aromatic heterocycles. The molecule has 0 saturated heterocycles. The highest BCUT2D eigenvalue weighted by Crippen LogP contribution is 2.33. The third-order valence-electron chi connectivity index (χ3n) is 2.29. The Labute approximate surface area is 102 Å². The second-order valence-electron chi connectivity index (χ2n) is 3.28. The number of nitrogens with zero attached hydrogens (tertiary/aromatic N) is 1. The molecule has 0 unspecified atom stereocenters. The van der Waals surface area contributed by atoms with Crippen LogP contribution in [0.3, 0.4) is 0 Å². The van der Waals surface area contributed by atoms with Gasteiger partial charge in [-0.15, -0.1) is 0 Å². The lowest BCUT2D eigenvalue weighted by Gasteiger charge is -2.08. The Morgan fingerprint density at radius 1 is 1.31 bits per heavy atom. The van der Waals surface area contributed by atoms with E-state index in [1.165, 1.54) is 0 Å². The van der Waals surface area contributed by atoms with Crippen molar-refractivity contribution >= 4 is 21.7 Å². The molecule has 2 rings (SSSR count). The number of ether oxygens (including phenoxy) is 1. The number of rotatable bonds is 2. The first kappa shape index (κ1) is 11.0. The standard InChI is InChI=1S/C12H11BrN2O/c1-16-9-4-2-3-8(7-9)11-10(13)5-6-15-12(11)14/h2-7H,1H3,(H2,14,15). The molecule has 0 atom stereocenters. The molecule has 82 valence electrons. The Bertz CT molecular complexity index is 494. The van der Waals surface area contributed by atoms with Crippen molar-refractivity contribution in [2.24, 2.45) is 0 Å². The highest BCUT2D eigenvalue weighted by Gasteiger charge is 2.08. The summed E-state index contributed by atoms with van der Waals surface area (Å²) in [7, 11) is 1.64. The number of methoxy groups -OCH3 is 1. The van der Waals surface area contributed by atoms with Gasteiger partial charge in [-0.3, -0.25) is 0 Å². The Morgan fingerprint density at radius 2 is 2.12 bits per heavy atom. The number of pyridine rings is 1. The zero-order chi connectivity index (χ0) is 11.5. The van der Waals surface area contributed by atoms with Gasteiger partial charge in [0.2, 0.25) is 0 Å². The van der Waals surface area contributed by atoms with Crippen LogP contribution in [0.2, 0.25) is 0 Å². The predicted octanol–water partition coefficient (Wildman–Crippen LogP) is 3.10. The fourth-order valence-electron chi connectivity index (χ4n) is 1.52. The van der Waals surface area contributed by atoms with Crippen molar-refractivity contribution in [1.82, 2.24) is 4.98 Å². The molecule has 0 spiro atoms. The minimum Gasteiger partial charge on any atom is -0.497 e. The predicted molar refractivity (Wildman–Crippen MR) is 68.3 cm³/mol. The van der Waals surface area contributed by atoms with Gasteiger partial charge in [0.05, 0.1) is 7.11 Å². The normalized spacial score (nSPS) is 10.1. The number of nitrogens with two attached hydrogens (primary N) is 1. The minimum absolute atomic E-state index is 0.502. The molecular formula is C12H11BrN2O. The second-order valence-corrected chi connectivity index (χ2v) is 4.14. The molecule has 1 aromatic carbocycles. The topological polar surface area (TPSA) is 48.1 Å². The van der Waals surface area contributed by atoms with E-state index in [1.807, 2.05) is 30.3 Å². The molecule has 1 heterocycles. The average Bonchev–Trinajstić information content (AvgIpc) is 2.29. The molecule has 0 radical (unpaired) electrons. The molecule has 0 fully saturated rings. The van der Waals surface area contributed by atoms with Crippen molar-refractivity contribution in [2.75, 3.05) is 12.8 Å². The van der Waals surface area contributed by atoms with E-state index in [-0.39, 0.29) is 0 Å². The summed E-state index contributed by atoms with van der Waals surface area (Å²) in [5.41, 5.74) is 7.74. The SMILES string of the molecule is COc1cccc(-c2c(Br)ccnc2N)c1. The molecule has 0 saturated carbocycles. The first-order chi connectivity index (χ1) is 7.72. The van der Waals surface area contributed by atoms with Gasteiger partial charge in [0.25, 0.3) is 0 Å². The van der Waals surface area contributed by atoms with E-state index in [4.69, 9.17) is 10.5 Å². The number of hydrogen-bond acceptors (Lipinski definition) is 3. The van der Waals surface area contributed by atoms with E-state index in [0.29, 0.717) is 5.82 Å². The van der Waals surface area contributed by atoms with Gasteiger partial charge in [-0.1, -0.05) is 12.1 Å². The largest absolute Gasteiger partial charge is 0.497 e. The Kier molecular flexibility index (Phi) is 3.10. The Hall–Kier alpha value is -1.55. The maximum absolute atomic E-state index is 5.86. The summed E-state index contributed by atoms with van der Waals surface area (Å²) in [5, 5.41) is 0. The van der Waals surface area contributed by atoms with Crippen LogP contribution in [0.4, 0.5) is 5.82 Å².